The predicted octanol–water partition coefficient (Wildman–Crippen LogP) is 4.00. The highest BCUT2D eigenvalue weighted by Gasteiger charge is 2.14. The molecule has 0 unspecified atom stereocenters. The number of rotatable bonds is 5. The number of hydrogen-bond donors (Lipinski definition) is 1. The van der Waals surface area contributed by atoms with Crippen molar-refractivity contribution in [3.63, 3.8) is 0 Å². The van der Waals surface area contributed by atoms with Gasteiger partial charge in [0.05, 0.1) is 5.69 Å². The van der Waals surface area contributed by atoms with Crippen molar-refractivity contribution in [2.24, 2.45) is 0 Å². The van der Waals surface area contributed by atoms with Crippen molar-refractivity contribution in [2.75, 3.05) is 5.32 Å². The van der Waals surface area contributed by atoms with Crippen LogP contribution in [0.5, 0.6) is 11.5 Å². The van der Waals surface area contributed by atoms with Gasteiger partial charge in [-0.2, -0.15) is 5.10 Å². The first-order valence-corrected chi connectivity index (χ1v) is 9.25. The van der Waals surface area contributed by atoms with Crippen LogP contribution >= 0.6 is 0 Å². The summed E-state index contributed by atoms with van der Waals surface area (Å²) in [6.45, 7) is 2.13. The van der Waals surface area contributed by atoms with E-state index in [-0.39, 0.29) is 11.3 Å². The van der Waals surface area contributed by atoms with Gasteiger partial charge in [0.25, 0.3) is 11.5 Å². The van der Waals surface area contributed by atoms with E-state index in [2.05, 4.69) is 15.4 Å². The molecule has 2 aromatic heterocycles. The predicted molar refractivity (Wildman–Crippen MR) is 110 cm³/mol. The van der Waals surface area contributed by atoms with E-state index in [0.717, 1.165) is 0 Å². The van der Waals surface area contributed by atoms with Crippen molar-refractivity contribution in [2.45, 2.75) is 13.5 Å². The van der Waals surface area contributed by atoms with Crippen LogP contribution in [-0.2, 0) is 6.54 Å². The molecule has 8 heteroatoms. The Hall–Kier alpha value is -4.07. The van der Waals surface area contributed by atoms with Crippen LogP contribution < -0.4 is 15.6 Å². The number of nitrogens with zero attached hydrogens (tertiary/aromatic N) is 3. The minimum atomic E-state index is -0.457. The zero-order valence-electron chi connectivity index (χ0n) is 16.0. The van der Waals surface area contributed by atoms with Crippen LogP contribution in [-0.4, -0.2) is 20.7 Å². The second kappa shape index (κ2) is 8.12. The van der Waals surface area contributed by atoms with Crippen LogP contribution in [0, 0.1) is 5.82 Å². The minimum absolute atomic E-state index is 0.119. The molecular formula is C22H17FN4O3. The standard InChI is InChI=1S/C22H17FN4O3/c1-2-27-21(28)9-7-19(26-27)22(29)25-18-6-8-20(16-10-11-24-13-17(16)18)30-15-5-3-4-14(23)12-15/h3-13H,2H2,1H3,(H,25,29). The fourth-order valence-electron chi connectivity index (χ4n) is 3.00. The number of carbonyl (C=O) groups excluding carboxylic acids is 1. The van der Waals surface area contributed by atoms with Gasteiger partial charge in [0.15, 0.2) is 0 Å². The Morgan fingerprint density at radius 2 is 2.00 bits per heavy atom. The lowest BCUT2D eigenvalue weighted by Crippen LogP contribution is -2.25. The third kappa shape index (κ3) is 3.88. The summed E-state index contributed by atoms with van der Waals surface area (Å²) in [4.78, 5) is 28.5. The lowest BCUT2D eigenvalue weighted by molar-refractivity contribution is 0.102. The van der Waals surface area contributed by atoms with Gasteiger partial charge in [0, 0.05) is 41.8 Å². The summed E-state index contributed by atoms with van der Waals surface area (Å²) in [5.41, 5.74) is 0.349. The number of carbonyl (C=O) groups is 1. The third-order valence-corrected chi connectivity index (χ3v) is 4.45. The van der Waals surface area contributed by atoms with Crippen LogP contribution in [0.4, 0.5) is 10.1 Å². The topological polar surface area (TPSA) is 86.1 Å². The van der Waals surface area contributed by atoms with Gasteiger partial charge in [-0.25, -0.2) is 9.07 Å². The normalized spacial score (nSPS) is 10.7. The number of amides is 1. The van der Waals surface area contributed by atoms with Crippen molar-refractivity contribution in [1.29, 1.82) is 0 Å². The summed E-state index contributed by atoms with van der Waals surface area (Å²) in [6, 6.07) is 13.6. The maximum absolute atomic E-state index is 13.5. The number of hydrogen-bond acceptors (Lipinski definition) is 5. The molecule has 0 aliphatic heterocycles. The number of halogens is 1. The SMILES string of the molecule is CCn1nc(C(=O)Nc2ccc(Oc3cccc(F)c3)c3ccncc23)ccc1=O. The van der Waals surface area contributed by atoms with Crippen LogP contribution in [0.3, 0.4) is 0 Å². The van der Waals surface area contributed by atoms with Crippen LogP contribution in [0.1, 0.15) is 17.4 Å². The van der Waals surface area contributed by atoms with E-state index < -0.39 is 11.7 Å². The summed E-state index contributed by atoms with van der Waals surface area (Å²) in [6.07, 6.45) is 3.20. The molecule has 7 nitrogen and oxygen atoms in total. The van der Waals surface area contributed by atoms with Crippen molar-refractivity contribution >= 4 is 22.4 Å². The molecule has 0 aliphatic rings. The summed E-state index contributed by atoms with van der Waals surface area (Å²) >= 11 is 0. The van der Waals surface area contributed by atoms with E-state index in [4.69, 9.17) is 4.74 Å². The van der Waals surface area contributed by atoms with Gasteiger partial charge in [-0.1, -0.05) is 6.07 Å². The smallest absolute Gasteiger partial charge is 0.276 e. The Morgan fingerprint density at radius 3 is 2.80 bits per heavy atom. The van der Waals surface area contributed by atoms with Gasteiger partial charge in [-0.3, -0.25) is 14.6 Å². The van der Waals surface area contributed by atoms with Gasteiger partial charge < -0.3 is 10.1 Å². The van der Waals surface area contributed by atoms with Crippen LogP contribution in [0.25, 0.3) is 10.8 Å². The maximum atomic E-state index is 13.5. The largest absolute Gasteiger partial charge is 0.457 e. The van der Waals surface area contributed by atoms with Crippen molar-refractivity contribution < 1.29 is 13.9 Å². The number of benzene rings is 2. The number of ether oxygens (including phenoxy) is 1. The highest BCUT2D eigenvalue weighted by Crippen LogP contribution is 2.34. The number of nitrogens with one attached hydrogen (secondary N) is 1. The molecule has 1 N–H and O–H groups in total. The summed E-state index contributed by atoms with van der Waals surface area (Å²) < 4.78 is 20.5. The molecule has 2 aromatic carbocycles. The van der Waals surface area contributed by atoms with Crippen molar-refractivity contribution in [1.82, 2.24) is 14.8 Å². The molecule has 0 aliphatic carbocycles. The molecule has 4 rings (SSSR count). The number of pyridine rings is 1. The quantitative estimate of drug-likeness (QED) is 0.543. The van der Waals surface area contributed by atoms with E-state index in [1.54, 1.807) is 49.6 Å². The van der Waals surface area contributed by atoms with E-state index in [9.17, 15) is 14.0 Å². The fraction of sp³-hybridized carbons (Fsp3) is 0.0909. The molecular weight excluding hydrogens is 387 g/mol. The molecule has 0 bridgehead atoms. The van der Waals surface area contributed by atoms with Crippen molar-refractivity contribution in [3.8, 4) is 11.5 Å². The average Bonchev–Trinajstić information content (AvgIpc) is 2.76. The molecule has 150 valence electrons. The van der Waals surface area contributed by atoms with Gasteiger partial charge in [-0.15, -0.1) is 0 Å². The molecule has 0 radical (unpaired) electrons. The molecule has 0 fully saturated rings. The molecule has 2 heterocycles. The van der Waals surface area contributed by atoms with Crippen LogP contribution in [0.2, 0.25) is 0 Å². The summed E-state index contributed by atoms with van der Waals surface area (Å²) in [5, 5.41) is 8.20. The lowest BCUT2D eigenvalue weighted by atomic mass is 10.1. The molecule has 0 saturated carbocycles. The van der Waals surface area contributed by atoms with Gasteiger partial charge in [0.1, 0.15) is 23.0 Å². The Kier molecular flexibility index (Phi) is 5.21. The number of aromatic nitrogens is 3. The number of anilines is 1. The monoisotopic (exact) mass is 404 g/mol. The molecule has 4 aromatic rings. The van der Waals surface area contributed by atoms with Gasteiger partial charge in [0.2, 0.25) is 0 Å². The van der Waals surface area contributed by atoms with E-state index in [0.29, 0.717) is 34.5 Å². The minimum Gasteiger partial charge on any atom is -0.457 e. The van der Waals surface area contributed by atoms with Crippen LogP contribution in [0.15, 0.2) is 71.8 Å². The second-order valence-corrected chi connectivity index (χ2v) is 6.42. The first kappa shape index (κ1) is 19.3. The highest BCUT2D eigenvalue weighted by molar-refractivity contribution is 6.09. The number of fused-ring (bicyclic) bond motifs is 1. The zero-order valence-corrected chi connectivity index (χ0v) is 16.0. The average molecular weight is 404 g/mol. The molecule has 30 heavy (non-hydrogen) atoms. The second-order valence-electron chi connectivity index (χ2n) is 6.42. The zero-order chi connectivity index (χ0) is 21.1. The molecule has 0 atom stereocenters. The molecule has 0 spiro atoms. The maximum Gasteiger partial charge on any atom is 0.276 e. The lowest BCUT2D eigenvalue weighted by Gasteiger charge is -2.13. The highest BCUT2D eigenvalue weighted by atomic mass is 19.1. The molecule has 1 amide bonds. The molecule has 0 saturated heterocycles. The van der Waals surface area contributed by atoms with E-state index in [1.165, 1.54) is 28.9 Å². The first-order valence-electron chi connectivity index (χ1n) is 9.25. The third-order valence-electron chi connectivity index (χ3n) is 4.45. The Labute approximate surface area is 170 Å². The van der Waals surface area contributed by atoms with Gasteiger partial charge in [-0.05, 0) is 43.3 Å². The van der Waals surface area contributed by atoms with E-state index >= 15 is 0 Å². The first-order chi connectivity index (χ1) is 14.5. The van der Waals surface area contributed by atoms with Gasteiger partial charge >= 0.3 is 0 Å². The Morgan fingerprint density at radius 1 is 1.13 bits per heavy atom. The summed E-state index contributed by atoms with van der Waals surface area (Å²) in [7, 11) is 0. The summed E-state index contributed by atoms with van der Waals surface area (Å²) in [5.74, 6) is -0.00555. The Balaban J connectivity index is 1.67. The van der Waals surface area contributed by atoms with Crippen molar-refractivity contribution in [3.05, 3.63) is 88.9 Å². The Bertz CT molecular complexity index is 1300. The fourth-order valence-corrected chi connectivity index (χ4v) is 3.00. The number of aryl methyl sites for hydroxylation is 1. The van der Waals surface area contributed by atoms with E-state index in [1.807, 2.05) is 0 Å².